The van der Waals surface area contributed by atoms with Crippen LogP contribution in [0.15, 0.2) is 24.5 Å². The molecule has 1 N–H and O–H groups in total. The largest absolute Gasteiger partial charge is 0.476 e. The number of thioether (sulfide) groups is 1. The van der Waals surface area contributed by atoms with Crippen LogP contribution in [0, 0.1) is 0 Å². The average Bonchev–Trinajstić information content (AvgIpc) is 2.56. The zero-order valence-electron chi connectivity index (χ0n) is 13.7. The van der Waals surface area contributed by atoms with E-state index >= 15 is 0 Å². The summed E-state index contributed by atoms with van der Waals surface area (Å²) in [6.45, 7) is 4.22. The van der Waals surface area contributed by atoms with E-state index in [1.807, 2.05) is 31.5 Å². The maximum absolute atomic E-state index is 10.6. The molecule has 23 heavy (non-hydrogen) atoms. The van der Waals surface area contributed by atoms with Gasteiger partial charge in [0.05, 0.1) is 12.2 Å². The normalized spacial score (nSPS) is 17.4. The first-order valence-electron chi connectivity index (χ1n) is 7.99. The fourth-order valence-corrected chi connectivity index (χ4v) is 3.96. The molecular weight excluding hydrogens is 310 g/mol. The van der Waals surface area contributed by atoms with Crippen LogP contribution >= 0.6 is 11.8 Å². The summed E-state index contributed by atoms with van der Waals surface area (Å²) in [5.74, 6) is 1.39. The van der Waals surface area contributed by atoms with E-state index in [1.165, 1.54) is 0 Å². The summed E-state index contributed by atoms with van der Waals surface area (Å²) < 4.78 is 5.59. The molecule has 0 spiro atoms. The van der Waals surface area contributed by atoms with Crippen LogP contribution in [-0.2, 0) is 0 Å². The van der Waals surface area contributed by atoms with Gasteiger partial charge in [0.25, 0.3) is 0 Å². The van der Waals surface area contributed by atoms with Crippen LogP contribution in [0.5, 0.6) is 5.88 Å². The number of aliphatic hydroxyl groups is 1. The van der Waals surface area contributed by atoms with Gasteiger partial charge in [0.15, 0.2) is 0 Å². The molecule has 1 saturated heterocycles. The number of rotatable bonds is 5. The second kappa shape index (κ2) is 6.93. The van der Waals surface area contributed by atoms with Gasteiger partial charge in [-0.15, -0.1) is 0 Å². The lowest BCUT2D eigenvalue weighted by molar-refractivity contribution is 0.0401. The first-order valence-corrected chi connectivity index (χ1v) is 9.39. The predicted molar refractivity (Wildman–Crippen MR) is 95.5 cm³/mol. The summed E-state index contributed by atoms with van der Waals surface area (Å²) in [6.07, 6.45) is 7.21. The molecule has 1 fully saturated rings. The van der Waals surface area contributed by atoms with Crippen LogP contribution in [0.4, 0.5) is 5.69 Å². The van der Waals surface area contributed by atoms with E-state index in [0.29, 0.717) is 12.5 Å². The van der Waals surface area contributed by atoms with Crippen molar-refractivity contribution in [1.29, 1.82) is 0 Å². The molecule has 0 unspecified atom stereocenters. The zero-order chi connectivity index (χ0) is 16.3. The van der Waals surface area contributed by atoms with Crippen LogP contribution in [0.3, 0.4) is 0 Å². The predicted octanol–water partition coefficient (Wildman–Crippen LogP) is 2.72. The lowest BCUT2D eigenvalue weighted by Gasteiger charge is -2.39. The Morgan fingerprint density at radius 3 is 2.70 bits per heavy atom. The minimum absolute atomic E-state index is 0.531. The number of hydrogen-bond donors (Lipinski definition) is 1. The van der Waals surface area contributed by atoms with Crippen molar-refractivity contribution >= 4 is 28.4 Å². The number of aromatic nitrogens is 2. The lowest BCUT2D eigenvalue weighted by atomic mass is 9.93. The Morgan fingerprint density at radius 2 is 2.00 bits per heavy atom. The van der Waals surface area contributed by atoms with E-state index in [4.69, 9.17) is 4.74 Å². The van der Waals surface area contributed by atoms with Crippen LogP contribution in [0.2, 0.25) is 0 Å². The molecule has 0 bridgehead atoms. The standard InChI is InChI=1S/C17H23N3O2S/c1-3-22-16-15-13(4-8-19-16)14(5-9-18-15)20-10-6-17(21,7-11-20)12-23-2/h4-5,8-9,21H,3,6-7,10-12H2,1-2H3. The zero-order valence-corrected chi connectivity index (χ0v) is 14.5. The highest BCUT2D eigenvalue weighted by atomic mass is 32.2. The number of hydrogen-bond acceptors (Lipinski definition) is 6. The fraction of sp³-hybridized carbons (Fsp3) is 0.529. The Kier molecular flexibility index (Phi) is 4.92. The monoisotopic (exact) mass is 333 g/mol. The third-order valence-corrected chi connectivity index (χ3v) is 5.16. The highest BCUT2D eigenvalue weighted by Crippen LogP contribution is 2.33. The molecule has 3 rings (SSSR count). The van der Waals surface area contributed by atoms with Gasteiger partial charge in [-0.25, -0.2) is 4.98 Å². The quantitative estimate of drug-likeness (QED) is 0.908. The van der Waals surface area contributed by atoms with Gasteiger partial charge in [0.2, 0.25) is 5.88 Å². The molecule has 1 aliphatic heterocycles. The summed E-state index contributed by atoms with van der Waals surface area (Å²) in [5.41, 5.74) is 1.41. The Bertz CT molecular complexity index is 672. The van der Waals surface area contributed by atoms with E-state index in [2.05, 4.69) is 14.9 Å². The molecule has 6 heteroatoms. The summed E-state index contributed by atoms with van der Waals surface area (Å²) in [4.78, 5) is 11.1. The molecule has 0 atom stereocenters. The topological polar surface area (TPSA) is 58.5 Å². The summed E-state index contributed by atoms with van der Waals surface area (Å²) in [6, 6.07) is 4.03. The lowest BCUT2D eigenvalue weighted by Crippen LogP contribution is -2.46. The van der Waals surface area contributed by atoms with Gasteiger partial charge in [-0.2, -0.15) is 11.8 Å². The van der Waals surface area contributed by atoms with Gasteiger partial charge in [0.1, 0.15) is 5.52 Å². The van der Waals surface area contributed by atoms with E-state index in [1.54, 1.807) is 18.0 Å². The number of ether oxygens (including phenoxy) is 1. The van der Waals surface area contributed by atoms with Gasteiger partial charge in [-0.1, -0.05) is 0 Å². The Hall–Kier alpha value is -1.53. The number of pyridine rings is 2. The molecular formula is C17H23N3O2S. The van der Waals surface area contributed by atoms with Crippen molar-refractivity contribution in [3.05, 3.63) is 24.5 Å². The van der Waals surface area contributed by atoms with Crippen molar-refractivity contribution in [2.75, 3.05) is 36.6 Å². The highest BCUT2D eigenvalue weighted by Gasteiger charge is 2.32. The molecule has 0 radical (unpaired) electrons. The van der Waals surface area contributed by atoms with E-state index in [0.717, 1.165) is 48.3 Å². The van der Waals surface area contributed by atoms with E-state index in [-0.39, 0.29) is 0 Å². The third kappa shape index (κ3) is 3.38. The van der Waals surface area contributed by atoms with Crippen molar-refractivity contribution in [2.24, 2.45) is 0 Å². The van der Waals surface area contributed by atoms with Gasteiger partial charge >= 0.3 is 0 Å². The molecule has 1 aliphatic rings. The Morgan fingerprint density at radius 1 is 1.26 bits per heavy atom. The number of anilines is 1. The number of nitrogens with zero attached hydrogens (tertiary/aromatic N) is 3. The number of fused-ring (bicyclic) bond motifs is 1. The molecule has 124 valence electrons. The van der Waals surface area contributed by atoms with Crippen LogP contribution < -0.4 is 9.64 Å². The van der Waals surface area contributed by atoms with E-state index in [9.17, 15) is 5.11 Å². The van der Waals surface area contributed by atoms with E-state index < -0.39 is 5.60 Å². The average molecular weight is 333 g/mol. The van der Waals surface area contributed by atoms with Crippen molar-refractivity contribution in [1.82, 2.24) is 9.97 Å². The maximum Gasteiger partial charge on any atom is 0.240 e. The van der Waals surface area contributed by atoms with Crippen molar-refractivity contribution < 1.29 is 9.84 Å². The summed E-state index contributed by atoms with van der Waals surface area (Å²) in [5, 5.41) is 11.6. The van der Waals surface area contributed by atoms with Crippen LogP contribution in [0.25, 0.3) is 10.9 Å². The van der Waals surface area contributed by atoms with Crippen molar-refractivity contribution in [2.45, 2.75) is 25.4 Å². The Labute approximate surface area is 141 Å². The molecule has 3 heterocycles. The minimum Gasteiger partial charge on any atom is -0.476 e. The van der Waals surface area contributed by atoms with Gasteiger partial charge in [-0.05, 0) is 38.2 Å². The molecule has 2 aromatic rings. The maximum atomic E-state index is 10.6. The Balaban J connectivity index is 1.88. The third-order valence-electron chi connectivity index (χ3n) is 4.33. The molecule has 2 aromatic heterocycles. The van der Waals surface area contributed by atoms with Crippen LogP contribution in [0.1, 0.15) is 19.8 Å². The molecule has 0 saturated carbocycles. The van der Waals surface area contributed by atoms with Crippen molar-refractivity contribution in [3.8, 4) is 5.88 Å². The van der Waals surface area contributed by atoms with Crippen LogP contribution in [-0.4, -0.2) is 52.4 Å². The smallest absolute Gasteiger partial charge is 0.240 e. The first kappa shape index (κ1) is 16.3. The minimum atomic E-state index is -0.531. The number of piperidine rings is 1. The van der Waals surface area contributed by atoms with Gasteiger partial charge < -0.3 is 14.7 Å². The first-order chi connectivity index (χ1) is 11.2. The second-order valence-electron chi connectivity index (χ2n) is 5.92. The molecule has 0 aliphatic carbocycles. The summed E-state index contributed by atoms with van der Waals surface area (Å²) >= 11 is 1.71. The fourth-order valence-electron chi connectivity index (χ4n) is 3.13. The molecule has 0 amide bonds. The highest BCUT2D eigenvalue weighted by molar-refractivity contribution is 7.98. The van der Waals surface area contributed by atoms with Crippen molar-refractivity contribution in [3.63, 3.8) is 0 Å². The SMILES string of the molecule is CCOc1nccc2c(N3CCC(O)(CSC)CC3)ccnc12. The van der Waals surface area contributed by atoms with Gasteiger partial charge in [-0.3, -0.25) is 4.98 Å². The molecule has 5 nitrogen and oxygen atoms in total. The van der Waals surface area contributed by atoms with Gasteiger partial charge in [0, 0.05) is 42.3 Å². The molecule has 0 aromatic carbocycles. The second-order valence-corrected chi connectivity index (χ2v) is 6.79. The summed E-state index contributed by atoms with van der Waals surface area (Å²) in [7, 11) is 0.